The van der Waals surface area contributed by atoms with Crippen LogP contribution < -0.4 is 5.32 Å². The van der Waals surface area contributed by atoms with E-state index in [0.717, 1.165) is 18.5 Å². The van der Waals surface area contributed by atoms with E-state index < -0.39 is 0 Å². The van der Waals surface area contributed by atoms with E-state index in [0.29, 0.717) is 6.04 Å². The van der Waals surface area contributed by atoms with Gasteiger partial charge in [-0.15, -0.1) is 6.58 Å². The summed E-state index contributed by atoms with van der Waals surface area (Å²) in [5.74, 6) is 0.972. The van der Waals surface area contributed by atoms with Crippen molar-refractivity contribution in [1.29, 1.82) is 0 Å². The molecule has 2 fully saturated rings. The van der Waals surface area contributed by atoms with E-state index in [1.54, 1.807) is 0 Å². The van der Waals surface area contributed by atoms with Gasteiger partial charge in [0.05, 0.1) is 0 Å². The van der Waals surface area contributed by atoms with Crippen molar-refractivity contribution in [2.75, 3.05) is 19.6 Å². The van der Waals surface area contributed by atoms with Gasteiger partial charge in [-0.1, -0.05) is 13.0 Å². The highest BCUT2D eigenvalue weighted by Crippen LogP contribution is 2.36. The Hall–Kier alpha value is -0.340. The molecule has 0 spiro atoms. The summed E-state index contributed by atoms with van der Waals surface area (Å²) in [7, 11) is 0. The Bertz CT molecular complexity index is 198. The second kappa shape index (κ2) is 4.45. The maximum Gasteiger partial charge on any atom is 0.0252 e. The van der Waals surface area contributed by atoms with Gasteiger partial charge in [0.2, 0.25) is 0 Å². The highest BCUT2D eigenvalue weighted by atomic mass is 15.2. The molecule has 1 saturated carbocycles. The van der Waals surface area contributed by atoms with Gasteiger partial charge in [0.25, 0.3) is 0 Å². The molecule has 2 unspecified atom stereocenters. The molecule has 2 nitrogen and oxygen atoms in total. The lowest BCUT2D eigenvalue weighted by molar-refractivity contribution is 0.127. The molecule has 1 aliphatic carbocycles. The van der Waals surface area contributed by atoms with Gasteiger partial charge in [-0.3, -0.25) is 4.90 Å². The summed E-state index contributed by atoms with van der Waals surface area (Å²) in [6, 6.07) is 1.49. The average molecular weight is 194 g/mol. The molecule has 1 saturated heterocycles. The van der Waals surface area contributed by atoms with Crippen LogP contribution in [0.2, 0.25) is 0 Å². The van der Waals surface area contributed by atoms with Crippen molar-refractivity contribution in [2.45, 2.75) is 38.3 Å². The average Bonchev–Trinajstić information content (AvgIpc) is 3.02. The third kappa shape index (κ3) is 2.18. The standard InChI is InChI=1S/C12H22N2/c1-3-7-14-9-11(4-2)13-8-12(14)10-5-6-10/h3,10-13H,1,4-9H2,2H3. The molecular formula is C12H22N2. The summed E-state index contributed by atoms with van der Waals surface area (Å²) >= 11 is 0. The molecule has 2 rings (SSSR count). The molecule has 1 N–H and O–H groups in total. The molecule has 0 radical (unpaired) electrons. The minimum absolute atomic E-state index is 0.699. The van der Waals surface area contributed by atoms with Gasteiger partial charge in [-0.25, -0.2) is 0 Å². The summed E-state index contributed by atoms with van der Waals surface area (Å²) in [6.07, 6.45) is 6.17. The van der Waals surface area contributed by atoms with Crippen molar-refractivity contribution < 1.29 is 0 Å². The number of piperazine rings is 1. The van der Waals surface area contributed by atoms with Crippen molar-refractivity contribution in [1.82, 2.24) is 10.2 Å². The van der Waals surface area contributed by atoms with E-state index in [2.05, 4.69) is 23.7 Å². The quantitative estimate of drug-likeness (QED) is 0.684. The van der Waals surface area contributed by atoms with Crippen LogP contribution in [-0.4, -0.2) is 36.6 Å². The summed E-state index contributed by atoms with van der Waals surface area (Å²) in [5, 5.41) is 3.65. The molecule has 2 heteroatoms. The fraction of sp³-hybridized carbons (Fsp3) is 0.833. The lowest BCUT2D eigenvalue weighted by atomic mass is 10.0. The first-order chi connectivity index (χ1) is 6.85. The lowest BCUT2D eigenvalue weighted by Crippen LogP contribution is -2.57. The monoisotopic (exact) mass is 194 g/mol. The topological polar surface area (TPSA) is 15.3 Å². The number of rotatable bonds is 4. The van der Waals surface area contributed by atoms with E-state index >= 15 is 0 Å². The van der Waals surface area contributed by atoms with Crippen LogP contribution in [0.3, 0.4) is 0 Å². The highest BCUT2D eigenvalue weighted by Gasteiger charge is 2.37. The van der Waals surface area contributed by atoms with Gasteiger partial charge in [0.15, 0.2) is 0 Å². The Balaban J connectivity index is 1.92. The molecule has 1 aliphatic heterocycles. The van der Waals surface area contributed by atoms with Gasteiger partial charge in [0, 0.05) is 31.7 Å². The van der Waals surface area contributed by atoms with Crippen molar-refractivity contribution in [2.24, 2.45) is 5.92 Å². The fourth-order valence-electron chi connectivity index (χ4n) is 2.49. The van der Waals surface area contributed by atoms with E-state index in [9.17, 15) is 0 Å². The maximum atomic E-state index is 3.86. The van der Waals surface area contributed by atoms with E-state index in [4.69, 9.17) is 0 Å². The fourth-order valence-corrected chi connectivity index (χ4v) is 2.49. The minimum atomic E-state index is 0.699. The molecule has 0 aromatic heterocycles. The highest BCUT2D eigenvalue weighted by molar-refractivity contribution is 4.96. The molecule has 2 atom stereocenters. The Morgan fingerprint density at radius 3 is 2.86 bits per heavy atom. The number of nitrogens with zero attached hydrogens (tertiary/aromatic N) is 1. The zero-order valence-electron chi connectivity index (χ0n) is 9.21. The van der Waals surface area contributed by atoms with Gasteiger partial charge in [-0.05, 0) is 25.2 Å². The van der Waals surface area contributed by atoms with Crippen LogP contribution in [0.15, 0.2) is 12.7 Å². The van der Waals surface area contributed by atoms with Crippen LogP contribution in [0.1, 0.15) is 26.2 Å². The van der Waals surface area contributed by atoms with Crippen molar-refractivity contribution in [3.05, 3.63) is 12.7 Å². The third-order valence-corrected chi connectivity index (χ3v) is 3.56. The summed E-state index contributed by atoms with van der Waals surface area (Å²) in [6.45, 7) is 9.60. The third-order valence-electron chi connectivity index (χ3n) is 3.56. The summed E-state index contributed by atoms with van der Waals surface area (Å²) in [5.41, 5.74) is 0. The minimum Gasteiger partial charge on any atom is -0.311 e. The zero-order valence-corrected chi connectivity index (χ0v) is 9.21. The Labute approximate surface area is 87.4 Å². The second-order valence-electron chi connectivity index (χ2n) is 4.66. The first-order valence-electron chi connectivity index (χ1n) is 5.93. The van der Waals surface area contributed by atoms with Crippen molar-refractivity contribution in [3.8, 4) is 0 Å². The van der Waals surface area contributed by atoms with E-state index in [1.165, 1.54) is 32.4 Å². The Morgan fingerprint density at radius 1 is 1.50 bits per heavy atom. The zero-order chi connectivity index (χ0) is 9.97. The number of nitrogens with one attached hydrogen (secondary N) is 1. The largest absolute Gasteiger partial charge is 0.311 e. The molecular weight excluding hydrogens is 172 g/mol. The summed E-state index contributed by atoms with van der Waals surface area (Å²) < 4.78 is 0. The summed E-state index contributed by atoms with van der Waals surface area (Å²) in [4.78, 5) is 2.62. The molecule has 14 heavy (non-hydrogen) atoms. The van der Waals surface area contributed by atoms with Crippen LogP contribution in [0, 0.1) is 5.92 Å². The first kappa shape index (κ1) is 10.2. The lowest BCUT2D eigenvalue weighted by Gasteiger charge is -2.40. The molecule has 0 aromatic rings. The van der Waals surface area contributed by atoms with Crippen LogP contribution >= 0.6 is 0 Å². The predicted molar refractivity (Wildman–Crippen MR) is 60.4 cm³/mol. The molecule has 2 aliphatic rings. The van der Waals surface area contributed by atoms with Crippen LogP contribution in [-0.2, 0) is 0 Å². The maximum absolute atomic E-state index is 3.86. The van der Waals surface area contributed by atoms with Gasteiger partial charge < -0.3 is 5.32 Å². The van der Waals surface area contributed by atoms with Crippen molar-refractivity contribution in [3.63, 3.8) is 0 Å². The SMILES string of the molecule is C=CCN1CC(CC)NCC1C1CC1. The normalized spacial score (nSPS) is 34.4. The van der Waals surface area contributed by atoms with E-state index in [1.807, 2.05) is 6.08 Å². The van der Waals surface area contributed by atoms with Crippen LogP contribution in [0.4, 0.5) is 0 Å². The Morgan fingerprint density at radius 2 is 2.29 bits per heavy atom. The molecule has 80 valence electrons. The molecule has 0 amide bonds. The van der Waals surface area contributed by atoms with Gasteiger partial charge in [0.1, 0.15) is 0 Å². The number of hydrogen-bond acceptors (Lipinski definition) is 2. The van der Waals surface area contributed by atoms with Crippen molar-refractivity contribution >= 4 is 0 Å². The van der Waals surface area contributed by atoms with Crippen LogP contribution in [0.5, 0.6) is 0 Å². The van der Waals surface area contributed by atoms with Gasteiger partial charge >= 0.3 is 0 Å². The Kier molecular flexibility index (Phi) is 3.24. The molecule has 0 bridgehead atoms. The molecule has 1 heterocycles. The predicted octanol–water partition coefficient (Wildman–Crippen LogP) is 1.63. The van der Waals surface area contributed by atoms with Gasteiger partial charge in [-0.2, -0.15) is 0 Å². The number of hydrogen-bond donors (Lipinski definition) is 1. The first-order valence-corrected chi connectivity index (χ1v) is 5.93. The second-order valence-corrected chi connectivity index (χ2v) is 4.66. The smallest absolute Gasteiger partial charge is 0.0252 e. The van der Waals surface area contributed by atoms with Crippen LogP contribution in [0.25, 0.3) is 0 Å². The van der Waals surface area contributed by atoms with E-state index in [-0.39, 0.29) is 0 Å². The molecule has 0 aromatic carbocycles.